The fourth-order valence-corrected chi connectivity index (χ4v) is 8.30. The molecule has 0 bridgehead atoms. The molecule has 11 rings (SSSR count). The van der Waals surface area contributed by atoms with Crippen molar-refractivity contribution < 1.29 is 14.3 Å². The summed E-state index contributed by atoms with van der Waals surface area (Å²) in [5.74, 6) is -0.154. The predicted octanol–water partition coefficient (Wildman–Crippen LogP) is 12.1. The van der Waals surface area contributed by atoms with Crippen LogP contribution in [0.2, 0.25) is 0 Å². The third-order valence-electron chi connectivity index (χ3n) is 10.3. The molecule has 0 atom stereocenters. The number of nitrogens with zero attached hydrogens (tertiary/aromatic N) is 1. The summed E-state index contributed by atoms with van der Waals surface area (Å²) in [5.41, 5.74) is 6.02. The molecule has 2 heterocycles. The largest absolute Gasteiger partial charge is 0.457 e. The fraction of sp³-hybridized carbons (Fsp3) is 0.0213. The number of benzene rings is 8. The van der Waals surface area contributed by atoms with Crippen LogP contribution in [0.3, 0.4) is 0 Å². The Hall–Kier alpha value is -6.38. The van der Waals surface area contributed by atoms with E-state index in [-0.39, 0.29) is 58.4 Å². The van der Waals surface area contributed by atoms with Crippen LogP contribution in [0.15, 0.2) is 176 Å². The Kier molecular flexibility index (Phi) is 4.16. The highest BCUT2D eigenvalue weighted by molar-refractivity contribution is 6.19. The summed E-state index contributed by atoms with van der Waals surface area (Å²) in [6.45, 7) is 0. The van der Waals surface area contributed by atoms with Gasteiger partial charge in [0.1, 0.15) is 11.5 Å². The molecule has 8 aromatic carbocycles. The number of rotatable bonds is 2. The average Bonchev–Trinajstić information content (AvgIpc) is 3.72. The van der Waals surface area contributed by atoms with Crippen molar-refractivity contribution in [2.45, 2.75) is 5.41 Å². The third-order valence-corrected chi connectivity index (χ3v) is 10.3. The van der Waals surface area contributed by atoms with Crippen molar-refractivity contribution in [1.82, 2.24) is 4.57 Å². The second-order valence-corrected chi connectivity index (χ2v) is 12.7. The topological polar surface area (TPSA) is 14.2 Å². The van der Waals surface area contributed by atoms with E-state index in [4.69, 9.17) is 8.85 Å². The Bertz CT molecular complexity index is 3160. The molecule has 0 amide bonds. The van der Waals surface area contributed by atoms with Gasteiger partial charge in [0.25, 0.3) is 0 Å². The Morgan fingerprint density at radius 2 is 1.22 bits per heavy atom. The molecule has 228 valence electrons. The molecule has 0 saturated carbocycles. The molecule has 1 aromatic heterocycles. The number of para-hydroxylation sites is 2. The highest BCUT2D eigenvalue weighted by atomic mass is 16.5. The first kappa shape index (κ1) is 20.8. The summed E-state index contributed by atoms with van der Waals surface area (Å²) < 4.78 is 73.7. The van der Waals surface area contributed by atoms with Crippen LogP contribution in [0.1, 0.15) is 31.8 Å². The molecule has 1 spiro atoms. The molecule has 0 fully saturated rings. The maximum Gasteiger partial charge on any atom is 0.132 e. The normalized spacial score (nSPS) is 15.6. The maximum absolute atomic E-state index is 10.2. The molecule has 0 unspecified atom stereocenters. The molecular formula is C47H29NO. The molecular weight excluding hydrogens is 595 g/mol. The van der Waals surface area contributed by atoms with Crippen molar-refractivity contribution in [3.63, 3.8) is 0 Å². The van der Waals surface area contributed by atoms with E-state index >= 15 is 0 Å². The second kappa shape index (κ2) is 9.82. The monoisotopic (exact) mass is 630 g/mol. The molecule has 49 heavy (non-hydrogen) atoms. The second-order valence-electron chi connectivity index (χ2n) is 12.7. The number of aromatic nitrogens is 1. The first-order valence-electron chi connectivity index (χ1n) is 19.9. The van der Waals surface area contributed by atoms with E-state index in [0.29, 0.717) is 5.56 Å². The van der Waals surface area contributed by atoms with Crippen molar-refractivity contribution in [1.29, 1.82) is 0 Å². The molecule has 1 aliphatic carbocycles. The molecule has 2 heteroatoms. The first-order valence-corrected chi connectivity index (χ1v) is 16.4. The number of ether oxygens (including phenoxy) is 1. The Morgan fingerprint density at radius 3 is 2.06 bits per heavy atom. The first-order chi connectivity index (χ1) is 27.2. The van der Waals surface area contributed by atoms with Gasteiger partial charge in [-0.15, -0.1) is 0 Å². The van der Waals surface area contributed by atoms with Gasteiger partial charge in [-0.2, -0.15) is 0 Å². The number of hydrogen-bond donors (Lipinski definition) is 0. The van der Waals surface area contributed by atoms with Crippen LogP contribution in [0, 0.1) is 0 Å². The molecule has 2 aliphatic rings. The highest BCUT2D eigenvalue weighted by Crippen LogP contribution is 2.62. The SMILES string of the molecule is [2H]c1c([2H])c([2H])c2c(c1[2H])Oc1c([2H])c([2H])c(-c3ccc4c(c3)c3ccc5ccccc5c3n4-c3ccccc3)c([2H])c1C21c2ccccc2-c2ccccc21. The van der Waals surface area contributed by atoms with Gasteiger partial charge in [0, 0.05) is 33.0 Å². The lowest BCUT2D eigenvalue weighted by Gasteiger charge is -2.39. The van der Waals surface area contributed by atoms with E-state index < -0.39 is 17.5 Å². The molecule has 9 aromatic rings. The molecule has 0 N–H and O–H groups in total. The Morgan fingerprint density at radius 1 is 0.510 bits per heavy atom. The van der Waals surface area contributed by atoms with Gasteiger partial charge in [-0.1, -0.05) is 133 Å². The predicted molar refractivity (Wildman–Crippen MR) is 201 cm³/mol. The van der Waals surface area contributed by atoms with Crippen LogP contribution in [0.4, 0.5) is 0 Å². The van der Waals surface area contributed by atoms with Crippen molar-refractivity contribution in [2.24, 2.45) is 0 Å². The third kappa shape index (κ3) is 3.50. The van der Waals surface area contributed by atoms with E-state index in [0.717, 1.165) is 60.5 Å². The summed E-state index contributed by atoms with van der Waals surface area (Å²) in [5, 5.41) is 4.14. The van der Waals surface area contributed by atoms with Crippen molar-refractivity contribution in [3.8, 4) is 39.4 Å². The lowest BCUT2D eigenvalue weighted by Crippen LogP contribution is -2.32. The van der Waals surface area contributed by atoms with Crippen molar-refractivity contribution in [2.75, 3.05) is 0 Å². The van der Waals surface area contributed by atoms with Crippen LogP contribution in [-0.2, 0) is 5.41 Å². The zero-order chi connectivity index (χ0) is 38.2. The summed E-state index contributed by atoms with van der Waals surface area (Å²) in [7, 11) is 0. The van der Waals surface area contributed by atoms with Gasteiger partial charge in [-0.25, -0.2) is 0 Å². The molecule has 0 radical (unpaired) electrons. The Labute approximate surface area is 293 Å². The fourth-order valence-electron chi connectivity index (χ4n) is 8.30. The van der Waals surface area contributed by atoms with Crippen LogP contribution in [0.5, 0.6) is 11.5 Å². The quantitative estimate of drug-likeness (QED) is 0.185. The van der Waals surface area contributed by atoms with Crippen LogP contribution in [0.25, 0.3) is 60.5 Å². The Balaban J connectivity index is 1.27. The zero-order valence-electron chi connectivity index (χ0n) is 33.1. The van der Waals surface area contributed by atoms with E-state index in [1.807, 2.05) is 97.1 Å². The standard InChI is InChI=1S/C47H29NO/c1-2-13-33(14-3-1)48-43-26-23-31(28-38(43)37-25-22-30-12-4-5-15-34(30)46(37)48)32-24-27-45-42(29-32)47(41-20-10-11-21-44(41)49-45)39-18-8-6-16-35(39)36-17-7-9-19-40(36)47/h1-29H/i10D,11D,20D,21D,24D,27D,29D. The van der Waals surface area contributed by atoms with E-state index in [2.05, 4.69) is 41.0 Å². The van der Waals surface area contributed by atoms with Gasteiger partial charge in [0.15, 0.2) is 0 Å². The molecule has 2 nitrogen and oxygen atoms in total. The summed E-state index contributed by atoms with van der Waals surface area (Å²) in [4.78, 5) is 0. The zero-order valence-corrected chi connectivity index (χ0v) is 26.1. The minimum Gasteiger partial charge on any atom is -0.457 e. The van der Waals surface area contributed by atoms with Gasteiger partial charge in [-0.05, 0) is 81.2 Å². The van der Waals surface area contributed by atoms with E-state index in [9.17, 15) is 5.48 Å². The van der Waals surface area contributed by atoms with Gasteiger partial charge < -0.3 is 9.30 Å². The van der Waals surface area contributed by atoms with Crippen LogP contribution in [-0.4, -0.2) is 4.57 Å². The average molecular weight is 631 g/mol. The summed E-state index contributed by atoms with van der Waals surface area (Å²) >= 11 is 0. The van der Waals surface area contributed by atoms with Crippen LogP contribution < -0.4 is 4.74 Å². The molecule has 1 aliphatic heterocycles. The minimum absolute atomic E-state index is 0.0397. The van der Waals surface area contributed by atoms with Gasteiger partial charge in [0.05, 0.1) is 26.0 Å². The maximum atomic E-state index is 10.2. The summed E-state index contributed by atoms with van der Waals surface area (Å²) in [6, 6.07) is 42.1. The lowest BCUT2D eigenvalue weighted by atomic mass is 9.66. The van der Waals surface area contributed by atoms with Gasteiger partial charge >= 0.3 is 0 Å². The summed E-state index contributed by atoms with van der Waals surface area (Å²) in [6.07, 6.45) is 0. The smallest absolute Gasteiger partial charge is 0.132 e. The van der Waals surface area contributed by atoms with Crippen molar-refractivity contribution in [3.05, 3.63) is 198 Å². The highest BCUT2D eigenvalue weighted by Gasteiger charge is 2.51. The van der Waals surface area contributed by atoms with E-state index in [1.165, 1.54) is 0 Å². The number of fused-ring (bicyclic) bond motifs is 14. The van der Waals surface area contributed by atoms with E-state index in [1.54, 1.807) is 0 Å². The van der Waals surface area contributed by atoms with Gasteiger partial charge in [0.2, 0.25) is 0 Å². The minimum atomic E-state index is -1.45. The lowest BCUT2D eigenvalue weighted by molar-refractivity contribution is 0.436. The number of hydrogen-bond acceptors (Lipinski definition) is 1. The van der Waals surface area contributed by atoms with Crippen molar-refractivity contribution >= 4 is 32.6 Å². The van der Waals surface area contributed by atoms with Crippen LogP contribution >= 0.6 is 0 Å². The molecule has 0 saturated heterocycles. The van der Waals surface area contributed by atoms with Gasteiger partial charge in [-0.3, -0.25) is 0 Å².